The molecule has 2 aromatic rings. The third-order valence-electron chi connectivity index (χ3n) is 4.74. The maximum atomic E-state index is 13.2. The van der Waals surface area contributed by atoms with Gasteiger partial charge in [0.2, 0.25) is 0 Å². The van der Waals surface area contributed by atoms with Gasteiger partial charge in [-0.3, -0.25) is 13.9 Å². The van der Waals surface area contributed by atoms with Gasteiger partial charge in [-0.05, 0) is 45.6 Å². The van der Waals surface area contributed by atoms with Crippen LogP contribution in [-0.2, 0) is 11.3 Å². The van der Waals surface area contributed by atoms with Crippen LogP contribution in [0.15, 0.2) is 14.7 Å². The third kappa shape index (κ3) is 4.45. The molecule has 8 nitrogen and oxygen atoms in total. The Morgan fingerprint density at radius 3 is 2.57 bits per heavy atom. The van der Waals surface area contributed by atoms with Crippen LogP contribution in [-0.4, -0.2) is 33.5 Å². The average Bonchev–Trinajstić information content (AvgIpc) is 3.21. The molecule has 1 saturated carbocycles. The van der Waals surface area contributed by atoms with Crippen LogP contribution in [0, 0.1) is 12.8 Å². The van der Waals surface area contributed by atoms with E-state index in [2.05, 4.69) is 10.5 Å². The number of ether oxygens (including phenoxy) is 1. The molecule has 2 aromatic heterocycles. The Morgan fingerprint density at radius 1 is 1.40 bits per heavy atom. The molecule has 1 N–H and O–H groups in total. The Bertz CT molecular complexity index is 1130. The van der Waals surface area contributed by atoms with Crippen LogP contribution in [0.2, 0.25) is 0 Å². The van der Waals surface area contributed by atoms with E-state index in [1.165, 1.54) is 6.21 Å². The van der Waals surface area contributed by atoms with Gasteiger partial charge in [-0.25, -0.2) is 23.8 Å². The maximum absolute atomic E-state index is 13.2. The van der Waals surface area contributed by atoms with E-state index < -0.39 is 35.9 Å². The van der Waals surface area contributed by atoms with Crippen molar-refractivity contribution < 1.29 is 18.3 Å². The van der Waals surface area contributed by atoms with E-state index >= 15 is 0 Å². The molecule has 1 aliphatic carbocycles. The Morgan fingerprint density at radius 2 is 2.03 bits per heavy atom. The highest BCUT2D eigenvalue weighted by atomic mass is 32.1. The summed E-state index contributed by atoms with van der Waals surface area (Å²) in [4.78, 5) is 38.2. The standard InChI is InChI=1S/C19H24F2N4O4S/c1-9-6-11(9)25-15(26)14-10(2)12(7-22-23-17(27)29-19(3,4)5)30-16(14)24(18(25)28)8-13(20)21/h7,9,11,13H,6,8H2,1-5H3,(H,23,27)/t9-,11-/m0/s1. The molecular weight excluding hydrogens is 418 g/mol. The van der Waals surface area contributed by atoms with Gasteiger partial charge in [-0.1, -0.05) is 6.92 Å². The number of aromatic nitrogens is 2. The van der Waals surface area contributed by atoms with Crippen LogP contribution in [0.25, 0.3) is 10.2 Å². The molecule has 0 radical (unpaired) electrons. The second-order valence-electron chi connectivity index (χ2n) is 8.38. The highest BCUT2D eigenvalue weighted by molar-refractivity contribution is 7.20. The van der Waals surface area contributed by atoms with Crippen molar-refractivity contribution in [1.29, 1.82) is 0 Å². The number of amides is 1. The molecule has 0 bridgehead atoms. The van der Waals surface area contributed by atoms with Gasteiger partial charge in [0, 0.05) is 6.04 Å². The summed E-state index contributed by atoms with van der Waals surface area (Å²) >= 11 is 1.00. The molecule has 164 valence electrons. The first-order valence-corrected chi connectivity index (χ1v) is 10.3. The number of carbonyl (C=O) groups is 1. The number of thiophene rings is 1. The first-order valence-electron chi connectivity index (χ1n) is 9.49. The Kier molecular flexibility index (Phi) is 5.85. The van der Waals surface area contributed by atoms with Gasteiger partial charge in [0.05, 0.1) is 23.0 Å². The largest absolute Gasteiger partial charge is 0.443 e. The van der Waals surface area contributed by atoms with E-state index in [1.807, 2.05) is 6.92 Å². The predicted octanol–water partition coefficient (Wildman–Crippen LogP) is 3.24. The fourth-order valence-electron chi connectivity index (χ4n) is 3.20. The average molecular weight is 442 g/mol. The molecule has 0 unspecified atom stereocenters. The maximum Gasteiger partial charge on any atom is 0.428 e. The number of fused-ring (bicyclic) bond motifs is 1. The van der Waals surface area contributed by atoms with Crippen molar-refractivity contribution in [2.24, 2.45) is 11.0 Å². The smallest absolute Gasteiger partial charge is 0.428 e. The molecule has 0 spiro atoms. The number of aryl methyl sites for hydroxylation is 1. The van der Waals surface area contributed by atoms with Gasteiger partial charge >= 0.3 is 11.8 Å². The van der Waals surface area contributed by atoms with Gasteiger partial charge in [-0.2, -0.15) is 5.10 Å². The summed E-state index contributed by atoms with van der Waals surface area (Å²) in [6.45, 7) is 7.89. The van der Waals surface area contributed by atoms with Gasteiger partial charge in [0.25, 0.3) is 12.0 Å². The molecule has 1 fully saturated rings. The minimum Gasteiger partial charge on any atom is -0.443 e. The van der Waals surface area contributed by atoms with Crippen molar-refractivity contribution in [3.63, 3.8) is 0 Å². The molecule has 0 saturated heterocycles. The van der Waals surface area contributed by atoms with Crippen molar-refractivity contribution in [2.75, 3.05) is 0 Å². The summed E-state index contributed by atoms with van der Waals surface area (Å²) in [5.41, 5.74) is 0.837. The Balaban J connectivity index is 2.04. The highest BCUT2D eigenvalue weighted by Gasteiger charge is 2.38. The monoisotopic (exact) mass is 442 g/mol. The molecule has 11 heteroatoms. The van der Waals surface area contributed by atoms with Crippen molar-refractivity contribution in [1.82, 2.24) is 14.6 Å². The fraction of sp³-hybridized carbons (Fsp3) is 0.579. The van der Waals surface area contributed by atoms with Gasteiger partial charge in [0.1, 0.15) is 10.4 Å². The normalized spacial score (nSPS) is 19.1. The lowest BCUT2D eigenvalue weighted by atomic mass is 10.2. The fourth-order valence-corrected chi connectivity index (χ4v) is 4.38. The van der Waals surface area contributed by atoms with E-state index in [0.717, 1.165) is 20.5 Å². The molecule has 0 aromatic carbocycles. The molecule has 1 aliphatic rings. The van der Waals surface area contributed by atoms with Crippen molar-refractivity contribution in [2.45, 2.75) is 65.7 Å². The van der Waals surface area contributed by atoms with Crippen molar-refractivity contribution in [3.8, 4) is 0 Å². The summed E-state index contributed by atoms with van der Waals surface area (Å²) in [7, 11) is 0. The zero-order chi connectivity index (χ0) is 22.4. The Hall–Kier alpha value is -2.56. The van der Waals surface area contributed by atoms with E-state index in [0.29, 0.717) is 16.9 Å². The summed E-state index contributed by atoms with van der Waals surface area (Å²) in [6, 6.07) is -0.274. The second kappa shape index (κ2) is 7.93. The predicted molar refractivity (Wildman–Crippen MR) is 111 cm³/mol. The molecule has 30 heavy (non-hydrogen) atoms. The molecule has 2 atom stereocenters. The first kappa shape index (κ1) is 22.1. The lowest BCUT2D eigenvalue weighted by Gasteiger charge is -2.18. The number of alkyl halides is 2. The Labute approximate surface area is 175 Å². The van der Waals surface area contributed by atoms with Crippen LogP contribution >= 0.6 is 11.3 Å². The SMILES string of the molecule is Cc1c(C=NNC(=O)OC(C)(C)C)sc2c1c(=O)n([C@H]1C[C@@H]1C)c(=O)n2CC(F)F. The highest BCUT2D eigenvalue weighted by Crippen LogP contribution is 2.41. The lowest BCUT2D eigenvalue weighted by molar-refractivity contribution is 0.0529. The molecule has 3 rings (SSSR count). The minimum absolute atomic E-state index is 0.144. The van der Waals surface area contributed by atoms with Crippen LogP contribution in [0.4, 0.5) is 13.6 Å². The zero-order valence-corrected chi connectivity index (χ0v) is 18.2. The zero-order valence-electron chi connectivity index (χ0n) is 17.4. The number of carbonyl (C=O) groups excluding carboxylic acids is 1. The number of hydrazone groups is 1. The van der Waals surface area contributed by atoms with Crippen LogP contribution in [0.3, 0.4) is 0 Å². The second-order valence-corrected chi connectivity index (χ2v) is 9.41. The van der Waals surface area contributed by atoms with Crippen molar-refractivity contribution in [3.05, 3.63) is 31.3 Å². The number of nitrogens with zero attached hydrogens (tertiary/aromatic N) is 3. The van der Waals surface area contributed by atoms with Gasteiger partial charge in [-0.15, -0.1) is 11.3 Å². The topological polar surface area (TPSA) is 94.7 Å². The lowest BCUT2D eigenvalue weighted by Crippen LogP contribution is -2.40. The molecule has 1 amide bonds. The van der Waals surface area contributed by atoms with Crippen LogP contribution in [0.5, 0.6) is 0 Å². The number of rotatable bonds is 5. The summed E-state index contributed by atoms with van der Waals surface area (Å²) in [5.74, 6) is 0.144. The molecule has 2 heterocycles. The molecular formula is C19H24F2N4O4S. The summed E-state index contributed by atoms with van der Waals surface area (Å²) in [5, 5.41) is 4.04. The van der Waals surface area contributed by atoms with E-state index in [4.69, 9.17) is 4.74 Å². The molecule has 0 aliphatic heterocycles. The number of hydrogen-bond acceptors (Lipinski definition) is 6. The first-order chi connectivity index (χ1) is 13.9. The van der Waals surface area contributed by atoms with Gasteiger partial charge < -0.3 is 4.74 Å². The van der Waals surface area contributed by atoms with Crippen molar-refractivity contribution >= 4 is 33.9 Å². The number of nitrogens with one attached hydrogen (secondary N) is 1. The van der Waals surface area contributed by atoms with Gasteiger partial charge in [0.15, 0.2) is 0 Å². The summed E-state index contributed by atoms with van der Waals surface area (Å²) in [6.07, 6.45) is -1.53. The minimum atomic E-state index is -2.75. The van der Waals surface area contributed by atoms with E-state index in [1.54, 1.807) is 27.7 Å². The van der Waals surface area contributed by atoms with E-state index in [-0.39, 0.29) is 22.2 Å². The van der Waals surface area contributed by atoms with E-state index in [9.17, 15) is 23.2 Å². The number of halogens is 2. The third-order valence-corrected chi connectivity index (χ3v) is 5.99. The van der Waals surface area contributed by atoms with Crippen LogP contribution < -0.4 is 16.7 Å². The summed E-state index contributed by atoms with van der Waals surface area (Å²) < 4.78 is 33.4. The van der Waals surface area contributed by atoms with Crippen LogP contribution in [0.1, 0.15) is 50.6 Å². The quantitative estimate of drug-likeness (QED) is 0.568. The number of hydrogen-bond donors (Lipinski definition) is 1.